The average Bonchev–Trinajstić information content (AvgIpc) is 3.68. The number of nitrogens with two attached hydrogens (primary N) is 1. The fraction of sp³-hybridized carbons (Fsp3) is 0.390. The molecule has 0 saturated carbocycles. The minimum atomic E-state index is -0.605. The van der Waals surface area contributed by atoms with E-state index in [2.05, 4.69) is 56.1 Å². The van der Waals surface area contributed by atoms with Gasteiger partial charge in [0.05, 0.1) is 17.2 Å². The standard InChI is InChI=1S/C23H28FN7O2.C18H20FN7.ClH/c1-23(2,3)33-22(32)27-18-8-6-5-7-14-11-16(17(24)12-15(14)18)20-25-13-26-21(29-20)28-19-9-10-31(4)30-19;1-26-7-6-16(25-26)23-18-22-10-21-17(24-18)13-8-11-4-2-3-5-15(20)12(11)9-14(13)19;/h9-13,18H,5-8H2,1-4H3,(H,27,32)(H,25,26,28,29,30);6-10,15H,2-5,20H2,1H3,(H,21,22,23,24,25);1H/t18-;15-;/m11./s1. The van der Waals surface area contributed by atoms with Gasteiger partial charge in [-0.15, -0.1) is 12.4 Å². The van der Waals surface area contributed by atoms with Gasteiger partial charge in [-0.3, -0.25) is 9.36 Å². The van der Waals surface area contributed by atoms with Gasteiger partial charge in [0, 0.05) is 44.7 Å². The largest absolute Gasteiger partial charge is 0.444 e. The molecule has 5 N–H and O–H groups in total. The molecule has 0 saturated heterocycles. The van der Waals surface area contributed by atoms with Gasteiger partial charge in [-0.05, 0) is 106 Å². The number of halogens is 3. The van der Waals surface area contributed by atoms with Crippen molar-refractivity contribution in [3.8, 4) is 22.8 Å². The SMILES string of the molecule is Cl.Cn1ccc(Nc2ncnc(-c3cc4c(cc3F)[C@H](N)CCCC4)n2)n1.Cn1ccc(Nc2ncnc(-c3cc4c(cc3F)[C@H](NC(=O)OC(C)(C)C)CCCC4)n2)n1. The summed E-state index contributed by atoms with van der Waals surface area (Å²) in [6.07, 6.45) is 13.0. The third-order valence-corrected chi connectivity index (χ3v) is 9.86. The molecule has 0 unspecified atom stereocenters. The highest BCUT2D eigenvalue weighted by atomic mass is 35.5. The van der Waals surface area contributed by atoms with Crippen molar-refractivity contribution in [2.75, 3.05) is 10.6 Å². The summed E-state index contributed by atoms with van der Waals surface area (Å²) >= 11 is 0. The van der Waals surface area contributed by atoms with Gasteiger partial charge in [0.2, 0.25) is 11.9 Å². The van der Waals surface area contributed by atoms with Crippen LogP contribution in [-0.2, 0) is 31.7 Å². The van der Waals surface area contributed by atoms with E-state index in [4.69, 9.17) is 10.5 Å². The van der Waals surface area contributed by atoms with Crippen LogP contribution < -0.4 is 21.7 Å². The number of rotatable bonds is 7. The molecule has 0 fully saturated rings. The molecule has 19 heteroatoms. The molecule has 2 aliphatic rings. The van der Waals surface area contributed by atoms with Crippen molar-refractivity contribution in [2.45, 2.75) is 89.8 Å². The summed E-state index contributed by atoms with van der Waals surface area (Å²) in [4.78, 5) is 37.6. The van der Waals surface area contributed by atoms with Crippen molar-refractivity contribution in [1.82, 2.24) is 54.8 Å². The molecule has 316 valence electrons. The zero-order chi connectivity index (χ0) is 41.7. The molecule has 16 nitrogen and oxygen atoms in total. The second-order valence-corrected chi connectivity index (χ2v) is 15.6. The molecule has 2 aliphatic carbocycles. The maximum absolute atomic E-state index is 15.3. The van der Waals surface area contributed by atoms with Crippen molar-refractivity contribution in [1.29, 1.82) is 0 Å². The molecule has 8 rings (SSSR count). The predicted octanol–water partition coefficient (Wildman–Crippen LogP) is 7.75. The quantitative estimate of drug-likeness (QED) is 0.114. The van der Waals surface area contributed by atoms with E-state index in [1.54, 1.807) is 47.0 Å². The lowest BCUT2D eigenvalue weighted by Crippen LogP contribution is -2.35. The summed E-state index contributed by atoms with van der Waals surface area (Å²) in [5.74, 6) is 1.47. The zero-order valence-corrected chi connectivity index (χ0v) is 34.9. The van der Waals surface area contributed by atoms with E-state index in [-0.39, 0.29) is 53.5 Å². The van der Waals surface area contributed by atoms with Crippen LogP contribution >= 0.6 is 12.4 Å². The van der Waals surface area contributed by atoms with Crippen LogP contribution in [0.3, 0.4) is 0 Å². The lowest BCUT2D eigenvalue weighted by Gasteiger charge is -2.24. The fourth-order valence-electron chi connectivity index (χ4n) is 7.13. The number of benzene rings is 2. The van der Waals surface area contributed by atoms with Crippen molar-refractivity contribution < 1.29 is 18.3 Å². The maximum atomic E-state index is 15.3. The number of carbonyl (C=O) groups is 1. The van der Waals surface area contributed by atoms with E-state index >= 15 is 4.39 Å². The molecule has 0 aliphatic heterocycles. The highest BCUT2D eigenvalue weighted by molar-refractivity contribution is 5.85. The number of aromatic nitrogens is 10. The van der Waals surface area contributed by atoms with Crippen LogP contribution in [0, 0.1) is 11.6 Å². The highest BCUT2D eigenvalue weighted by Gasteiger charge is 2.26. The number of anilines is 4. The number of hydrogen-bond acceptors (Lipinski definition) is 13. The van der Waals surface area contributed by atoms with Crippen molar-refractivity contribution in [2.24, 2.45) is 19.8 Å². The Kier molecular flexibility index (Phi) is 13.6. The van der Waals surface area contributed by atoms with Crippen LogP contribution in [-0.4, -0.2) is 61.2 Å². The Bertz CT molecular complexity index is 2430. The molecule has 6 aromatic rings. The van der Waals surface area contributed by atoms with Crippen LogP contribution in [0.25, 0.3) is 22.8 Å². The molecule has 2 aromatic carbocycles. The molecule has 4 heterocycles. The number of hydrogen-bond donors (Lipinski definition) is 4. The second-order valence-electron chi connectivity index (χ2n) is 15.6. The van der Waals surface area contributed by atoms with Crippen LogP contribution in [0.1, 0.15) is 93.6 Å². The first kappa shape index (κ1) is 43.4. The normalized spacial score (nSPS) is 16.1. The summed E-state index contributed by atoms with van der Waals surface area (Å²) in [7, 11) is 3.62. The second kappa shape index (κ2) is 18.8. The first-order valence-electron chi connectivity index (χ1n) is 19.6. The third kappa shape index (κ3) is 10.9. The summed E-state index contributed by atoms with van der Waals surface area (Å²) in [6.45, 7) is 5.43. The molecule has 60 heavy (non-hydrogen) atoms. The van der Waals surface area contributed by atoms with E-state index in [0.29, 0.717) is 23.1 Å². The van der Waals surface area contributed by atoms with Gasteiger partial charge in [0.15, 0.2) is 23.3 Å². The van der Waals surface area contributed by atoms with Crippen molar-refractivity contribution >= 4 is 42.0 Å². The number of ether oxygens (including phenoxy) is 1. The summed E-state index contributed by atoms with van der Waals surface area (Å²) in [6, 6.07) is 9.77. The first-order chi connectivity index (χ1) is 28.3. The third-order valence-electron chi connectivity index (χ3n) is 9.86. The number of carbonyl (C=O) groups excluding carboxylic acids is 1. The zero-order valence-electron chi connectivity index (χ0n) is 34.1. The van der Waals surface area contributed by atoms with Gasteiger partial charge in [-0.2, -0.15) is 20.2 Å². The number of aryl methyl sites for hydroxylation is 4. The van der Waals surface area contributed by atoms with Gasteiger partial charge in [-0.1, -0.05) is 12.8 Å². The topological polar surface area (TPSA) is 201 Å². The molecule has 0 spiro atoms. The number of nitrogens with one attached hydrogen (secondary N) is 3. The van der Waals surface area contributed by atoms with E-state index in [0.717, 1.165) is 73.6 Å². The summed E-state index contributed by atoms with van der Waals surface area (Å²) < 4.78 is 38.7. The van der Waals surface area contributed by atoms with Gasteiger partial charge in [-0.25, -0.2) is 33.5 Å². The monoisotopic (exact) mass is 842 g/mol. The summed E-state index contributed by atoms with van der Waals surface area (Å²) in [5.41, 5.74) is 9.93. The van der Waals surface area contributed by atoms with E-state index in [1.165, 1.54) is 24.8 Å². The number of nitrogens with zero attached hydrogens (tertiary/aromatic N) is 10. The Hall–Kier alpha value is -6.14. The molecular formula is C41H49ClF2N14O2. The van der Waals surface area contributed by atoms with E-state index in [9.17, 15) is 9.18 Å². The first-order valence-corrected chi connectivity index (χ1v) is 19.6. The van der Waals surface area contributed by atoms with Gasteiger partial charge >= 0.3 is 6.09 Å². The number of amides is 1. The molecule has 2 atom stereocenters. The van der Waals surface area contributed by atoms with Gasteiger partial charge < -0.3 is 26.4 Å². The molecule has 0 radical (unpaired) electrons. The number of alkyl carbamates (subject to hydrolysis) is 1. The molecule has 0 bridgehead atoms. The van der Waals surface area contributed by atoms with E-state index < -0.39 is 17.5 Å². The van der Waals surface area contributed by atoms with E-state index in [1.807, 2.05) is 33.9 Å². The molecule has 4 aromatic heterocycles. The van der Waals surface area contributed by atoms with Crippen LogP contribution in [0.5, 0.6) is 0 Å². The number of fused-ring (bicyclic) bond motifs is 2. The minimum absolute atomic E-state index is 0. The average molecular weight is 843 g/mol. The lowest BCUT2D eigenvalue weighted by molar-refractivity contribution is 0.0500. The van der Waals surface area contributed by atoms with Crippen LogP contribution in [0.2, 0.25) is 0 Å². The smallest absolute Gasteiger partial charge is 0.408 e. The Labute approximate surface area is 352 Å². The molecule has 1 amide bonds. The maximum Gasteiger partial charge on any atom is 0.408 e. The van der Waals surface area contributed by atoms with Crippen LogP contribution in [0.4, 0.5) is 37.1 Å². The van der Waals surface area contributed by atoms with Gasteiger partial charge in [0.1, 0.15) is 29.9 Å². The predicted molar refractivity (Wildman–Crippen MR) is 225 cm³/mol. The fourth-order valence-corrected chi connectivity index (χ4v) is 7.13. The Morgan fingerprint density at radius 2 is 1.25 bits per heavy atom. The van der Waals surface area contributed by atoms with Crippen LogP contribution in [0.15, 0.2) is 61.4 Å². The Morgan fingerprint density at radius 3 is 1.75 bits per heavy atom. The van der Waals surface area contributed by atoms with Crippen molar-refractivity contribution in [3.63, 3.8) is 0 Å². The van der Waals surface area contributed by atoms with Crippen molar-refractivity contribution in [3.05, 3.63) is 95.3 Å². The van der Waals surface area contributed by atoms with Gasteiger partial charge in [0.25, 0.3) is 0 Å². The summed E-state index contributed by atoms with van der Waals surface area (Å²) in [5, 5.41) is 17.4. The lowest BCUT2D eigenvalue weighted by atomic mass is 9.96. The minimum Gasteiger partial charge on any atom is -0.444 e. The molecular weight excluding hydrogens is 794 g/mol. The highest BCUT2D eigenvalue weighted by Crippen LogP contribution is 2.35. The Balaban J connectivity index is 0.000000203. The Morgan fingerprint density at radius 1 is 0.750 bits per heavy atom.